The molecule has 4 bridgehead atoms. The molecule has 4 fully saturated rings. The third kappa shape index (κ3) is 3.18. The summed E-state index contributed by atoms with van der Waals surface area (Å²) in [6.45, 7) is 6.28. The molecule has 4 aliphatic carbocycles. The van der Waals surface area contributed by atoms with Gasteiger partial charge in [-0.3, -0.25) is 0 Å². The molecule has 0 aromatic heterocycles. The number of hydrogen-bond acceptors (Lipinski definition) is 3. The van der Waals surface area contributed by atoms with Gasteiger partial charge in [-0.05, 0) is 79.4 Å². The van der Waals surface area contributed by atoms with E-state index in [9.17, 15) is 8.42 Å². The molecule has 1 aromatic rings. The van der Waals surface area contributed by atoms with E-state index < -0.39 is 10.0 Å². The van der Waals surface area contributed by atoms with E-state index in [4.69, 9.17) is 4.74 Å². The lowest BCUT2D eigenvalue weighted by Gasteiger charge is -2.56. The van der Waals surface area contributed by atoms with Gasteiger partial charge in [0.1, 0.15) is 10.6 Å². The maximum atomic E-state index is 13.4. The van der Waals surface area contributed by atoms with Crippen molar-refractivity contribution >= 4 is 10.0 Å². The van der Waals surface area contributed by atoms with Crippen molar-refractivity contribution in [3.8, 4) is 5.75 Å². The molecule has 4 nitrogen and oxygen atoms in total. The van der Waals surface area contributed by atoms with Gasteiger partial charge in [0, 0.05) is 5.54 Å². The van der Waals surface area contributed by atoms with Gasteiger partial charge < -0.3 is 4.74 Å². The lowest BCUT2D eigenvalue weighted by Crippen LogP contribution is -2.59. The number of methoxy groups -OCH3 is 1. The van der Waals surface area contributed by atoms with E-state index >= 15 is 0 Å². The minimum absolute atomic E-state index is 0.114. The fourth-order valence-corrected chi connectivity index (χ4v) is 7.56. The molecule has 1 aromatic carbocycles. The third-order valence-corrected chi connectivity index (χ3v) is 8.31. The Labute approximate surface area is 157 Å². The first-order valence-corrected chi connectivity index (χ1v) is 11.3. The van der Waals surface area contributed by atoms with Crippen molar-refractivity contribution in [2.24, 2.45) is 17.8 Å². The van der Waals surface area contributed by atoms with Crippen LogP contribution in [-0.2, 0) is 15.4 Å². The molecule has 0 radical (unpaired) electrons. The van der Waals surface area contributed by atoms with Gasteiger partial charge in [0.25, 0.3) is 0 Å². The van der Waals surface area contributed by atoms with Crippen molar-refractivity contribution in [1.82, 2.24) is 4.72 Å². The topological polar surface area (TPSA) is 55.4 Å². The van der Waals surface area contributed by atoms with Crippen LogP contribution >= 0.6 is 0 Å². The van der Waals surface area contributed by atoms with Gasteiger partial charge in [-0.2, -0.15) is 0 Å². The first kappa shape index (κ1) is 18.3. The Hall–Kier alpha value is -1.07. The van der Waals surface area contributed by atoms with Crippen LogP contribution in [0.15, 0.2) is 23.1 Å². The highest BCUT2D eigenvalue weighted by atomic mass is 32.2. The summed E-state index contributed by atoms with van der Waals surface area (Å²) in [7, 11) is -2.09. The summed E-state index contributed by atoms with van der Waals surface area (Å²) >= 11 is 0. The zero-order chi connectivity index (χ0) is 18.7. The number of benzene rings is 1. The molecule has 5 heteroatoms. The molecular formula is C21H31NO3S. The Morgan fingerprint density at radius 3 is 2.04 bits per heavy atom. The first-order chi connectivity index (χ1) is 12.1. The van der Waals surface area contributed by atoms with Crippen LogP contribution in [0.1, 0.15) is 64.9 Å². The molecule has 144 valence electrons. The minimum Gasteiger partial charge on any atom is -0.495 e. The summed E-state index contributed by atoms with van der Waals surface area (Å²) in [5.74, 6) is 2.53. The molecule has 0 heterocycles. The fraction of sp³-hybridized carbons (Fsp3) is 0.714. The van der Waals surface area contributed by atoms with E-state index in [1.54, 1.807) is 12.1 Å². The van der Waals surface area contributed by atoms with Gasteiger partial charge in [0.05, 0.1) is 7.11 Å². The van der Waals surface area contributed by atoms with Gasteiger partial charge in [-0.1, -0.05) is 26.8 Å². The van der Waals surface area contributed by atoms with Gasteiger partial charge >= 0.3 is 0 Å². The standard InChI is InChI=1S/C21H31NO3S/c1-20(2,3)17-5-6-18(25-4)19(10-17)26(23,24)22-21-11-14-7-15(12-21)9-16(8-14)13-21/h5-6,10,14-16,22H,7-9,11-13H2,1-4H3. The maximum Gasteiger partial charge on any atom is 0.244 e. The Balaban J connectivity index is 1.69. The average Bonchev–Trinajstić information content (AvgIpc) is 2.51. The van der Waals surface area contributed by atoms with Gasteiger partial charge in [0.2, 0.25) is 10.0 Å². The summed E-state index contributed by atoms with van der Waals surface area (Å²) in [4.78, 5) is 0.281. The fourth-order valence-electron chi connectivity index (χ4n) is 5.93. The van der Waals surface area contributed by atoms with Crippen LogP contribution < -0.4 is 9.46 Å². The van der Waals surface area contributed by atoms with Gasteiger partial charge in [-0.25, -0.2) is 13.1 Å². The van der Waals surface area contributed by atoms with E-state index in [2.05, 4.69) is 25.5 Å². The molecule has 0 atom stereocenters. The Kier molecular flexibility index (Phi) is 4.20. The van der Waals surface area contributed by atoms with Crippen molar-refractivity contribution in [3.05, 3.63) is 23.8 Å². The first-order valence-electron chi connectivity index (χ1n) is 9.83. The quantitative estimate of drug-likeness (QED) is 0.854. The predicted octanol–water partition coefficient (Wildman–Crippen LogP) is 4.24. The maximum absolute atomic E-state index is 13.4. The molecule has 4 aliphatic rings. The van der Waals surface area contributed by atoms with Crippen LogP contribution in [0.3, 0.4) is 0 Å². The normalized spacial score (nSPS) is 33.5. The summed E-state index contributed by atoms with van der Waals surface area (Å²) in [5.41, 5.74) is 0.650. The molecular weight excluding hydrogens is 346 g/mol. The zero-order valence-electron chi connectivity index (χ0n) is 16.3. The molecule has 0 spiro atoms. The van der Waals surface area contributed by atoms with Crippen molar-refractivity contribution in [3.63, 3.8) is 0 Å². The number of hydrogen-bond donors (Lipinski definition) is 1. The monoisotopic (exact) mass is 377 g/mol. The minimum atomic E-state index is -3.62. The molecule has 0 saturated heterocycles. The zero-order valence-corrected chi connectivity index (χ0v) is 17.2. The second-order valence-corrected chi connectivity index (χ2v) is 11.6. The van der Waals surface area contributed by atoms with Crippen molar-refractivity contribution in [2.45, 2.75) is 75.1 Å². The van der Waals surface area contributed by atoms with Crippen LogP contribution in [-0.4, -0.2) is 21.1 Å². The average molecular weight is 378 g/mol. The van der Waals surface area contributed by atoms with Crippen LogP contribution in [0, 0.1) is 17.8 Å². The number of nitrogens with one attached hydrogen (secondary N) is 1. The summed E-state index contributed by atoms with van der Waals surface area (Å²) in [5, 5.41) is 0. The van der Waals surface area contributed by atoms with Crippen molar-refractivity contribution in [1.29, 1.82) is 0 Å². The van der Waals surface area contributed by atoms with Gasteiger partial charge in [-0.15, -0.1) is 0 Å². The number of ether oxygens (including phenoxy) is 1. The highest BCUT2D eigenvalue weighted by Crippen LogP contribution is 2.56. The third-order valence-electron chi connectivity index (χ3n) is 6.71. The van der Waals surface area contributed by atoms with Crippen LogP contribution in [0.25, 0.3) is 0 Å². The number of rotatable bonds is 4. The Morgan fingerprint density at radius 1 is 1.04 bits per heavy atom. The molecule has 0 unspecified atom stereocenters. The second kappa shape index (κ2) is 5.96. The lowest BCUT2D eigenvalue weighted by molar-refractivity contribution is -0.00811. The molecule has 5 rings (SSSR count). The number of sulfonamides is 1. The molecule has 4 saturated carbocycles. The molecule has 0 aliphatic heterocycles. The van der Waals surface area contributed by atoms with Crippen molar-refractivity contribution < 1.29 is 13.2 Å². The highest BCUT2D eigenvalue weighted by Gasteiger charge is 2.52. The highest BCUT2D eigenvalue weighted by molar-refractivity contribution is 7.89. The molecule has 26 heavy (non-hydrogen) atoms. The Bertz CT molecular complexity index is 772. The summed E-state index contributed by atoms with van der Waals surface area (Å²) in [6.07, 6.45) is 6.88. The van der Waals surface area contributed by atoms with Crippen LogP contribution in [0.4, 0.5) is 0 Å². The summed E-state index contributed by atoms with van der Waals surface area (Å²) < 4.78 is 35.3. The van der Waals surface area contributed by atoms with E-state index in [0.717, 1.165) is 24.8 Å². The Morgan fingerprint density at radius 2 is 1.58 bits per heavy atom. The predicted molar refractivity (Wildman–Crippen MR) is 103 cm³/mol. The second-order valence-electron chi connectivity index (χ2n) is 9.92. The van der Waals surface area contributed by atoms with E-state index in [1.165, 1.54) is 26.4 Å². The van der Waals surface area contributed by atoms with Crippen LogP contribution in [0.2, 0.25) is 0 Å². The van der Waals surface area contributed by atoms with Gasteiger partial charge in [0.15, 0.2) is 0 Å². The van der Waals surface area contributed by atoms with Crippen LogP contribution in [0.5, 0.6) is 5.75 Å². The van der Waals surface area contributed by atoms with E-state index in [1.807, 2.05) is 6.07 Å². The van der Waals surface area contributed by atoms with Crippen molar-refractivity contribution in [2.75, 3.05) is 7.11 Å². The largest absolute Gasteiger partial charge is 0.495 e. The smallest absolute Gasteiger partial charge is 0.244 e. The lowest BCUT2D eigenvalue weighted by atomic mass is 9.53. The van der Waals surface area contributed by atoms with E-state index in [0.29, 0.717) is 23.5 Å². The summed E-state index contributed by atoms with van der Waals surface area (Å²) in [6, 6.07) is 5.54. The van der Waals surface area contributed by atoms with E-state index in [-0.39, 0.29) is 15.8 Å². The molecule has 0 amide bonds. The SMILES string of the molecule is COc1ccc(C(C)(C)C)cc1S(=O)(=O)NC12CC3CC(CC(C3)C1)C2. The molecule has 1 N–H and O–H groups in total.